The van der Waals surface area contributed by atoms with Crippen LogP contribution in [-0.4, -0.2) is 138 Å². The van der Waals surface area contributed by atoms with Crippen LogP contribution < -0.4 is 0 Å². The number of fused-ring (bicyclic) bond motifs is 40. The minimum Gasteiger partial charge on any atom is -0.744 e. The molecule has 0 unspecified atom stereocenters. The molecule has 0 spiro atoms. The van der Waals surface area contributed by atoms with Gasteiger partial charge in [0.05, 0.1) is 37.5 Å². The van der Waals surface area contributed by atoms with Gasteiger partial charge in [-0.05, 0) is 25.0 Å². The van der Waals surface area contributed by atoms with Crippen LogP contribution in [0.5, 0.6) is 0 Å². The zero-order valence-corrected chi connectivity index (χ0v) is 60.1. The molecule has 0 amide bonds. The molecule has 0 atom stereocenters. The van der Waals surface area contributed by atoms with Crippen molar-refractivity contribution in [3.05, 3.63) is 182 Å². The Morgan fingerprint density at radius 2 is 0.505 bits per heavy atom. The van der Waals surface area contributed by atoms with Crippen molar-refractivity contribution in [3.8, 4) is 91.1 Å². The van der Waals surface area contributed by atoms with Gasteiger partial charge in [0, 0.05) is 87.6 Å². The second-order valence-electron chi connectivity index (χ2n) is 27.0. The van der Waals surface area contributed by atoms with Gasteiger partial charge in [-0.1, -0.05) is 228 Å². The molecule has 0 aliphatic carbocycles. The second-order valence-corrected chi connectivity index (χ2v) is 29.7. The Kier molecular flexibility index (Phi) is 18.8. The molecule has 8 aromatic carbocycles. The molecular weight excluding hydrogens is 1410 g/mol. The zero-order valence-electron chi connectivity index (χ0n) is 57.5. The average Bonchev–Trinajstić information content (AvgIpc) is 1.61. The molecule has 14 aromatic rings. The van der Waals surface area contributed by atoms with Crippen LogP contribution in [0.3, 0.4) is 0 Å². The van der Waals surface area contributed by atoms with E-state index in [1.807, 2.05) is 146 Å². The largest absolute Gasteiger partial charge is 2.00 e. The van der Waals surface area contributed by atoms with Crippen molar-refractivity contribution in [2.75, 3.05) is 27.7 Å². The molecule has 0 fully saturated rings. The number of benzene rings is 8. The van der Waals surface area contributed by atoms with Crippen LogP contribution in [0.2, 0.25) is 0 Å². The van der Waals surface area contributed by atoms with Gasteiger partial charge >= 0.3 is 17.1 Å². The van der Waals surface area contributed by atoms with Crippen molar-refractivity contribution in [1.82, 2.24) is 79.7 Å². The summed E-state index contributed by atoms with van der Waals surface area (Å²) in [5, 5.41) is 4.49. The Hall–Kier alpha value is -11.2. The van der Waals surface area contributed by atoms with Crippen LogP contribution in [-0.2, 0) is 37.3 Å². The summed E-state index contributed by atoms with van der Waals surface area (Å²) in [5.74, 6) is 3.09. The summed E-state index contributed by atoms with van der Waals surface area (Å²) >= 11 is 0. The van der Waals surface area contributed by atoms with E-state index in [4.69, 9.17) is 59.8 Å². The molecule has 0 saturated heterocycles. The van der Waals surface area contributed by atoms with Gasteiger partial charge in [-0.15, -0.1) is 0 Å². The van der Waals surface area contributed by atoms with Crippen molar-refractivity contribution < 1.29 is 47.5 Å². The number of rotatable bonds is 13. The number of unbranched alkanes of at least 4 members (excludes halogenated alkanes) is 9. The summed E-state index contributed by atoms with van der Waals surface area (Å²) in [4.78, 5) is 70.4. The van der Waals surface area contributed by atoms with Crippen LogP contribution in [0.4, 0.5) is 0 Å². The molecule has 18 rings (SSSR count). The van der Waals surface area contributed by atoms with Gasteiger partial charge in [-0.2, -0.15) is 0 Å². The molecule has 105 heavy (non-hydrogen) atoms. The fourth-order valence-corrected chi connectivity index (χ4v) is 15.2. The first-order valence-electron chi connectivity index (χ1n) is 34.6. The van der Waals surface area contributed by atoms with Crippen LogP contribution >= 0.6 is 0 Å². The number of nitrogens with one attached hydrogen (secondary N) is 4. The topological polar surface area (TPSA) is 332 Å². The maximum atomic E-state index is 12.4. The van der Waals surface area contributed by atoms with E-state index in [2.05, 4.69) is 48.0 Å². The normalized spacial score (nSPS) is 12.2. The van der Waals surface area contributed by atoms with Gasteiger partial charge in [-0.3, -0.25) is 0 Å². The maximum Gasteiger partial charge on any atom is 2.00 e. The summed E-state index contributed by atoms with van der Waals surface area (Å²) in [5.41, 5.74) is 9.09. The third kappa shape index (κ3) is 13.8. The summed E-state index contributed by atoms with van der Waals surface area (Å²) in [7, 11) is -2.88. The molecule has 23 nitrogen and oxygen atoms in total. The predicted molar refractivity (Wildman–Crippen MR) is 403 cm³/mol. The van der Waals surface area contributed by atoms with E-state index in [9.17, 15) is 25.9 Å². The minimum absolute atomic E-state index is 0. The Morgan fingerprint density at radius 1 is 0.286 bits per heavy atom. The fourth-order valence-electron chi connectivity index (χ4n) is 13.8. The van der Waals surface area contributed by atoms with Gasteiger partial charge in [0.2, 0.25) is 0 Å². The molecule has 10 heterocycles. The van der Waals surface area contributed by atoms with Crippen molar-refractivity contribution >= 4 is 109 Å². The van der Waals surface area contributed by atoms with E-state index in [0.29, 0.717) is 102 Å². The van der Waals surface area contributed by atoms with Crippen LogP contribution in [0, 0.1) is 0 Å². The SMILES string of the molecule is CCCCCCCCCCCC[N+](C)(C)C.O=S(=O)([O-])c1cccc2c3nc4nc(nc5[nH]c(nc6nc(nc([nH]3)c12)-c1ccccc1-6)c1ccccc51)-c1ccccc1-4.O=S(=O)([O-])c1cccc2c3nc4nc(nc5[nH]c(nc6nc(nc([nH]3)c12)-c1ccccc1-6)c1ccccc51)-c1ccccc1-4.[Cu+2]. The number of aromatic amines is 4. The van der Waals surface area contributed by atoms with Crippen molar-refractivity contribution in [1.29, 1.82) is 0 Å². The first kappa shape index (κ1) is 69.5. The monoisotopic (exact) mass is 1480 g/mol. The smallest absolute Gasteiger partial charge is 0.744 e. The van der Waals surface area contributed by atoms with Gasteiger partial charge in [0.1, 0.15) is 65.4 Å². The third-order valence-electron chi connectivity index (χ3n) is 18.8. The Balaban J connectivity index is 0.000000139. The second kappa shape index (κ2) is 28.4. The number of quaternary nitrogens is 1. The van der Waals surface area contributed by atoms with Gasteiger partial charge < -0.3 is 33.5 Å². The van der Waals surface area contributed by atoms with Crippen LogP contribution in [0.15, 0.2) is 192 Å². The molecule has 16 bridgehead atoms. The summed E-state index contributed by atoms with van der Waals surface area (Å²) in [6.45, 7) is 3.62. The molecule has 4 aliphatic heterocycles. The van der Waals surface area contributed by atoms with Gasteiger partial charge in [0.15, 0.2) is 46.6 Å². The molecular formula is C79H68CuN17O6S2+. The van der Waals surface area contributed by atoms with Crippen LogP contribution in [0.25, 0.3) is 179 Å². The number of aromatic nitrogens is 16. The van der Waals surface area contributed by atoms with E-state index in [1.54, 1.807) is 12.1 Å². The summed E-state index contributed by atoms with van der Waals surface area (Å²) in [6.07, 6.45) is 14.4. The Morgan fingerprint density at radius 3 is 0.762 bits per heavy atom. The molecule has 0 saturated carbocycles. The van der Waals surface area contributed by atoms with E-state index in [0.717, 1.165) is 59.4 Å². The van der Waals surface area contributed by atoms with Gasteiger partial charge in [-0.25, -0.2) is 76.6 Å². The molecule has 4 aliphatic rings. The predicted octanol–water partition coefficient (Wildman–Crippen LogP) is 16.2. The van der Waals surface area contributed by atoms with Crippen LogP contribution in [0.1, 0.15) is 71.1 Å². The average molecular weight is 1480 g/mol. The maximum absolute atomic E-state index is 12.4. The van der Waals surface area contributed by atoms with Crippen molar-refractivity contribution in [2.45, 2.75) is 80.9 Å². The van der Waals surface area contributed by atoms with Crippen molar-refractivity contribution in [3.63, 3.8) is 0 Å². The van der Waals surface area contributed by atoms with E-state index in [-0.39, 0.29) is 39.1 Å². The number of H-pyrrole nitrogens is 4. The first-order chi connectivity index (χ1) is 50.4. The fraction of sp³-hybridized carbons (Fsp3) is 0.190. The molecule has 1 radical (unpaired) electrons. The van der Waals surface area contributed by atoms with Gasteiger partial charge in [0.25, 0.3) is 0 Å². The number of hydrogen-bond donors (Lipinski definition) is 4. The van der Waals surface area contributed by atoms with Crippen molar-refractivity contribution in [2.24, 2.45) is 0 Å². The first-order valence-corrected chi connectivity index (χ1v) is 37.4. The standard InChI is InChI=1S/2C32H18N8O3S.C15H34N.Cu/c2*41-44(42,43)23-15-7-14-22-24(23)32-39-30-21-13-6-5-12-20(21)28(37-30)35-26-17-9-2-1-8-16(17)25(33-26)34-27-18-10-3-4-11-19(18)29(36-27)38-31(22)40-32;1-5-6-7-8-9-10-11-12-13-14-15-16(2,3)4;/h2*1-15H,(H,41,42,43)(H2,33,34,35,36,37,38,39,40);5-15H2,1-4H3;/q;;+1;+2/p-2. The Bertz CT molecular complexity index is 6030. The molecule has 4 N–H and O–H groups in total. The molecule has 527 valence electrons. The van der Waals surface area contributed by atoms with E-state index in [1.165, 1.54) is 95.0 Å². The molecule has 6 aromatic heterocycles. The summed E-state index contributed by atoms with van der Waals surface area (Å²) < 4.78 is 75.6. The third-order valence-corrected chi connectivity index (χ3v) is 20.6. The van der Waals surface area contributed by atoms with E-state index >= 15 is 0 Å². The number of nitrogens with zero attached hydrogens (tertiary/aromatic N) is 13. The quantitative estimate of drug-likeness (QED) is 0.0360. The van der Waals surface area contributed by atoms with E-state index < -0.39 is 30.0 Å². The minimum atomic E-state index is -4.87. The number of hydrogen-bond acceptors (Lipinski definition) is 18. The summed E-state index contributed by atoms with van der Waals surface area (Å²) in [6, 6.07) is 54.7. The molecule has 26 heteroatoms. The zero-order chi connectivity index (χ0) is 71.4. The Labute approximate surface area is 613 Å².